The molecular formula is C16H22N4O3S. The van der Waals surface area contributed by atoms with Gasteiger partial charge in [0.1, 0.15) is 5.82 Å². The van der Waals surface area contributed by atoms with Crippen LogP contribution in [0.1, 0.15) is 32.1 Å². The number of H-pyrrole nitrogens is 1. The van der Waals surface area contributed by atoms with Gasteiger partial charge in [0.2, 0.25) is 15.9 Å². The van der Waals surface area contributed by atoms with Gasteiger partial charge in [-0.05, 0) is 18.1 Å². The number of aromatic amines is 1. The van der Waals surface area contributed by atoms with Gasteiger partial charge in [-0.15, -0.1) is 0 Å². The van der Waals surface area contributed by atoms with Crippen molar-refractivity contribution in [2.45, 2.75) is 31.2 Å². The van der Waals surface area contributed by atoms with Crippen LogP contribution in [0.4, 0.5) is 0 Å². The smallest absolute Gasteiger partial charge is 0.240 e. The Kier molecular flexibility index (Phi) is 6.10. The Hall–Kier alpha value is -2.19. The van der Waals surface area contributed by atoms with E-state index in [-0.39, 0.29) is 35.7 Å². The van der Waals surface area contributed by atoms with Crippen molar-refractivity contribution in [2.24, 2.45) is 5.92 Å². The lowest BCUT2D eigenvalue weighted by Gasteiger charge is -2.20. The molecule has 2 aromatic rings. The number of hydrogen-bond donors (Lipinski definition) is 3. The molecule has 0 aliphatic heterocycles. The molecule has 0 radical (unpaired) electrons. The monoisotopic (exact) mass is 350 g/mol. The van der Waals surface area contributed by atoms with Crippen LogP contribution >= 0.6 is 0 Å². The molecule has 0 spiro atoms. The average Bonchev–Trinajstić information content (AvgIpc) is 3.07. The van der Waals surface area contributed by atoms with Crippen LogP contribution in [-0.4, -0.2) is 30.8 Å². The zero-order chi connectivity index (χ0) is 17.6. The second kappa shape index (κ2) is 8.07. The molecule has 2 rings (SSSR count). The number of rotatable bonds is 8. The van der Waals surface area contributed by atoms with E-state index in [0.29, 0.717) is 5.82 Å². The highest BCUT2D eigenvalue weighted by molar-refractivity contribution is 7.89. The van der Waals surface area contributed by atoms with Crippen molar-refractivity contribution in [3.05, 3.63) is 48.5 Å². The van der Waals surface area contributed by atoms with E-state index in [1.165, 1.54) is 12.1 Å². The maximum absolute atomic E-state index is 12.1. The molecule has 0 saturated carbocycles. The molecule has 1 aromatic carbocycles. The van der Waals surface area contributed by atoms with Gasteiger partial charge in [-0.25, -0.2) is 18.1 Å². The quantitative estimate of drug-likeness (QED) is 0.672. The van der Waals surface area contributed by atoms with Crippen LogP contribution in [0, 0.1) is 5.92 Å². The van der Waals surface area contributed by atoms with Crippen molar-refractivity contribution in [3.63, 3.8) is 0 Å². The summed E-state index contributed by atoms with van der Waals surface area (Å²) in [5, 5.41) is 2.88. The van der Waals surface area contributed by atoms with Gasteiger partial charge in [-0.1, -0.05) is 32.0 Å². The third kappa shape index (κ3) is 4.90. The Labute approximate surface area is 141 Å². The molecule has 1 unspecified atom stereocenters. The third-order valence-electron chi connectivity index (χ3n) is 3.49. The number of aromatic nitrogens is 2. The molecule has 130 valence electrons. The summed E-state index contributed by atoms with van der Waals surface area (Å²) in [4.78, 5) is 19.4. The number of benzene rings is 1. The SMILES string of the molecule is CC(C)C(NC(=O)CCNS(=O)(=O)c1ccccc1)c1ncc[nH]1. The fourth-order valence-electron chi connectivity index (χ4n) is 2.23. The minimum Gasteiger partial charge on any atom is -0.347 e. The van der Waals surface area contributed by atoms with Crippen molar-refractivity contribution < 1.29 is 13.2 Å². The van der Waals surface area contributed by atoms with E-state index in [9.17, 15) is 13.2 Å². The first-order valence-electron chi connectivity index (χ1n) is 7.73. The summed E-state index contributed by atoms with van der Waals surface area (Å²) in [6.07, 6.45) is 3.38. The molecule has 8 heteroatoms. The Morgan fingerprint density at radius 1 is 1.25 bits per heavy atom. The van der Waals surface area contributed by atoms with Crippen LogP contribution in [0.3, 0.4) is 0 Å². The molecule has 3 N–H and O–H groups in total. The fraction of sp³-hybridized carbons (Fsp3) is 0.375. The maximum Gasteiger partial charge on any atom is 0.240 e. The molecular weight excluding hydrogens is 328 g/mol. The Balaban J connectivity index is 1.87. The van der Waals surface area contributed by atoms with E-state index >= 15 is 0 Å². The Bertz CT molecular complexity index is 743. The average molecular weight is 350 g/mol. The number of nitrogens with one attached hydrogen (secondary N) is 3. The number of sulfonamides is 1. The van der Waals surface area contributed by atoms with Crippen LogP contribution < -0.4 is 10.0 Å². The number of nitrogens with zero attached hydrogens (tertiary/aromatic N) is 1. The van der Waals surface area contributed by atoms with Crippen LogP contribution in [0.15, 0.2) is 47.6 Å². The second-order valence-electron chi connectivity index (χ2n) is 5.72. The second-order valence-corrected chi connectivity index (χ2v) is 7.49. The lowest BCUT2D eigenvalue weighted by atomic mass is 10.0. The third-order valence-corrected chi connectivity index (χ3v) is 4.97. The largest absolute Gasteiger partial charge is 0.347 e. The highest BCUT2D eigenvalue weighted by Gasteiger charge is 2.20. The topological polar surface area (TPSA) is 104 Å². The predicted octanol–water partition coefficient (Wildman–Crippen LogP) is 1.59. The number of imidazole rings is 1. The first-order chi connectivity index (χ1) is 11.4. The first kappa shape index (κ1) is 18.2. The Morgan fingerprint density at radius 3 is 2.54 bits per heavy atom. The molecule has 0 bridgehead atoms. The molecule has 0 fully saturated rings. The van der Waals surface area contributed by atoms with E-state index in [1.54, 1.807) is 30.6 Å². The lowest BCUT2D eigenvalue weighted by Crippen LogP contribution is -2.35. The lowest BCUT2D eigenvalue weighted by molar-refractivity contribution is -0.122. The van der Waals surface area contributed by atoms with Gasteiger partial charge >= 0.3 is 0 Å². The van der Waals surface area contributed by atoms with Crippen molar-refractivity contribution in [1.82, 2.24) is 20.0 Å². The molecule has 1 amide bonds. The van der Waals surface area contributed by atoms with Gasteiger partial charge in [0.15, 0.2) is 0 Å². The predicted molar refractivity (Wildman–Crippen MR) is 90.6 cm³/mol. The van der Waals surface area contributed by atoms with Crippen LogP contribution in [-0.2, 0) is 14.8 Å². The van der Waals surface area contributed by atoms with Crippen molar-refractivity contribution in [3.8, 4) is 0 Å². The summed E-state index contributed by atoms with van der Waals surface area (Å²) >= 11 is 0. The molecule has 24 heavy (non-hydrogen) atoms. The molecule has 1 heterocycles. The molecule has 0 aliphatic carbocycles. The highest BCUT2D eigenvalue weighted by Crippen LogP contribution is 2.17. The Morgan fingerprint density at radius 2 is 1.96 bits per heavy atom. The summed E-state index contributed by atoms with van der Waals surface area (Å²) < 4.78 is 26.6. The van der Waals surface area contributed by atoms with Gasteiger partial charge in [-0.3, -0.25) is 4.79 Å². The summed E-state index contributed by atoms with van der Waals surface area (Å²) in [5.41, 5.74) is 0. The van der Waals surface area contributed by atoms with E-state index in [2.05, 4.69) is 20.0 Å². The maximum atomic E-state index is 12.1. The normalized spacial score (nSPS) is 13.0. The number of amides is 1. The number of carbonyl (C=O) groups excluding carboxylic acids is 1. The van der Waals surface area contributed by atoms with Gasteiger partial charge in [0.05, 0.1) is 10.9 Å². The standard InChI is InChI=1S/C16H22N4O3S/c1-12(2)15(16-17-10-11-18-16)20-14(21)8-9-19-24(22,23)13-6-4-3-5-7-13/h3-7,10-12,15,19H,8-9H2,1-2H3,(H,17,18)(H,20,21). The van der Waals surface area contributed by atoms with Gasteiger partial charge in [0.25, 0.3) is 0 Å². The van der Waals surface area contributed by atoms with Gasteiger partial charge in [-0.2, -0.15) is 0 Å². The zero-order valence-corrected chi connectivity index (χ0v) is 14.5. The van der Waals surface area contributed by atoms with Crippen LogP contribution in [0.5, 0.6) is 0 Å². The fourth-order valence-corrected chi connectivity index (χ4v) is 3.28. The van der Waals surface area contributed by atoms with E-state index in [1.807, 2.05) is 13.8 Å². The highest BCUT2D eigenvalue weighted by atomic mass is 32.2. The van der Waals surface area contributed by atoms with E-state index < -0.39 is 10.0 Å². The number of carbonyl (C=O) groups is 1. The summed E-state index contributed by atoms with van der Waals surface area (Å²) in [7, 11) is -3.59. The zero-order valence-electron chi connectivity index (χ0n) is 13.7. The molecule has 0 saturated heterocycles. The summed E-state index contributed by atoms with van der Waals surface area (Å²) in [5.74, 6) is 0.602. The van der Waals surface area contributed by atoms with Crippen LogP contribution in [0.25, 0.3) is 0 Å². The minimum absolute atomic E-state index is 0.0338. The molecule has 1 atom stereocenters. The van der Waals surface area contributed by atoms with Crippen LogP contribution in [0.2, 0.25) is 0 Å². The molecule has 0 aliphatic rings. The van der Waals surface area contributed by atoms with E-state index in [4.69, 9.17) is 0 Å². The van der Waals surface area contributed by atoms with Gasteiger partial charge in [0, 0.05) is 25.4 Å². The van der Waals surface area contributed by atoms with Crippen molar-refractivity contribution >= 4 is 15.9 Å². The molecule has 1 aromatic heterocycles. The van der Waals surface area contributed by atoms with Crippen molar-refractivity contribution in [1.29, 1.82) is 0 Å². The van der Waals surface area contributed by atoms with Gasteiger partial charge < -0.3 is 10.3 Å². The molecule has 7 nitrogen and oxygen atoms in total. The number of hydrogen-bond acceptors (Lipinski definition) is 4. The minimum atomic E-state index is -3.59. The van der Waals surface area contributed by atoms with E-state index in [0.717, 1.165) is 0 Å². The van der Waals surface area contributed by atoms with Crippen molar-refractivity contribution in [2.75, 3.05) is 6.54 Å². The summed E-state index contributed by atoms with van der Waals surface area (Å²) in [6.45, 7) is 3.99. The summed E-state index contributed by atoms with van der Waals surface area (Å²) in [6, 6.07) is 7.82. The first-order valence-corrected chi connectivity index (χ1v) is 9.22.